The van der Waals surface area contributed by atoms with E-state index >= 15 is 0 Å². The Labute approximate surface area is 198 Å². The van der Waals surface area contributed by atoms with Gasteiger partial charge in [-0.15, -0.1) is 0 Å². The Morgan fingerprint density at radius 2 is 1.97 bits per heavy atom. The van der Waals surface area contributed by atoms with Crippen LogP contribution in [-0.4, -0.2) is 53.6 Å². The number of amides is 1. The lowest BCUT2D eigenvalue weighted by Gasteiger charge is -2.35. The topological polar surface area (TPSA) is 58.6 Å². The number of morpholine rings is 1. The Morgan fingerprint density at radius 3 is 2.70 bits per heavy atom. The molecule has 1 saturated heterocycles. The molecule has 33 heavy (non-hydrogen) atoms. The molecule has 3 heterocycles. The number of fused-ring (bicyclic) bond motifs is 1. The maximum absolute atomic E-state index is 13.3. The van der Waals surface area contributed by atoms with Crippen molar-refractivity contribution >= 4 is 11.7 Å². The van der Waals surface area contributed by atoms with Crippen LogP contribution in [0.5, 0.6) is 0 Å². The Hall–Kier alpha value is -2.47. The van der Waals surface area contributed by atoms with Gasteiger partial charge in [0.05, 0.1) is 25.5 Å². The van der Waals surface area contributed by atoms with Gasteiger partial charge in [0.25, 0.3) is 0 Å². The number of unbranched alkanes of at least 4 members (excludes halogenated alkanes) is 1. The van der Waals surface area contributed by atoms with Crippen molar-refractivity contribution in [3.63, 3.8) is 0 Å². The molecule has 0 bridgehead atoms. The van der Waals surface area contributed by atoms with Crippen molar-refractivity contribution in [2.75, 3.05) is 37.7 Å². The fraction of sp³-hybridized carbons (Fsp3) is 0.593. The maximum atomic E-state index is 13.3. The van der Waals surface area contributed by atoms with Gasteiger partial charge in [0.2, 0.25) is 5.91 Å². The first-order valence-electron chi connectivity index (χ1n) is 12.6. The number of anilines is 1. The molecule has 2 aliphatic heterocycles. The number of carbonyl (C=O) groups is 1. The second-order valence-corrected chi connectivity index (χ2v) is 9.41. The van der Waals surface area contributed by atoms with Gasteiger partial charge in [-0.1, -0.05) is 56.5 Å². The molecule has 0 spiro atoms. The molecule has 6 nitrogen and oxygen atoms in total. The summed E-state index contributed by atoms with van der Waals surface area (Å²) in [4.78, 5) is 27.8. The van der Waals surface area contributed by atoms with Crippen LogP contribution >= 0.6 is 0 Å². The van der Waals surface area contributed by atoms with Crippen LogP contribution < -0.4 is 4.90 Å². The first kappa shape index (κ1) is 23.7. The van der Waals surface area contributed by atoms with Gasteiger partial charge in [-0.2, -0.15) is 0 Å². The third kappa shape index (κ3) is 5.72. The van der Waals surface area contributed by atoms with Gasteiger partial charge in [0.1, 0.15) is 11.6 Å². The first-order chi connectivity index (χ1) is 16.1. The smallest absolute Gasteiger partial charge is 0.225 e. The molecule has 0 radical (unpaired) electrons. The predicted octanol–water partition coefficient (Wildman–Crippen LogP) is 4.31. The monoisotopic (exact) mass is 450 g/mol. The molecule has 0 aliphatic carbocycles. The van der Waals surface area contributed by atoms with E-state index in [1.165, 1.54) is 11.1 Å². The number of aromatic nitrogens is 2. The number of rotatable bonds is 8. The molecule has 6 heteroatoms. The fourth-order valence-electron chi connectivity index (χ4n) is 4.97. The first-order valence-corrected chi connectivity index (χ1v) is 12.6. The van der Waals surface area contributed by atoms with Crippen LogP contribution in [0.2, 0.25) is 0 Å². The molecule has 1 amide bonds. The van der Waals surface area contributed by atoms with Crippen molar-refractivity contribution in [2.45, 2.75) is 65.8 Å². The number of ether oxygens (including phenoxy) is 1. The van der Waals surface area contributed by atoms with Gasteiger partial charge >= 0.3 is 0 Å². The predicted molar refractivity (Wildman–Crippen MR) is 131 cm³/mol. The largest absolute Gasteiger partial charge is 0.378 e. The maximum Gasteiger partial charge on any atom is 0.225 e. The minimum atomic E-state index is 0.125. The SMILES string of the molecule is CCCCC(CC)C(=O)N1CCc2nc(Cc3cccc(C)c3)nc(N3CCOCC3)c2C1. The fourth-order valence-corrected chi connectivity index (χ4v) is 4.97. The van der Waals surface area contributed by atoms with E-state index in [1.807, 2.05) is 0 Å². The van der Waals surface area contributed by atoms with Gasteiger partial charge in [-0.3, -0.25) is 4.79 Å². The summed E-state index contributed by atoms with van der Waals surface area (Å²) >= 11 is 0. The summed E-state index contributed by atoms with van der Waals surface area (Å²) in [5.41, 5.74) is 4.73. The van der Waals surface area contributed by atoms with E-state index in [-0.39, 0.29) is 5.92 Å². The van der Waals surface area contributed by atoms with E-state index in [9.17, 15) is 4.79 Å². The number of carbonyl (C=O) groups excluding carboxylic acids is 1. The molecule has 2 aromatic rings. The Kier molecular flexibility index (Phi) is 7.97. The van der Waals surface area contributed by atoms with Crippen LogP contribution in [0.25, 0.3) is 0 Å². The van der Waals surface area contributed by atoms with E-state index < -0.39 is 0 Å². The van der Waals surface area contributed by atoms with Gasteiger partial charge in [-0.05, 0) is 25.3 Å². The van der Waals surface area contributed by atoms with E-state index in [0.717, 1.165) is 81.1 Å². The van der Waals surface area contributed by atoms with Crippen molar-refractivity contribution in [1.29, 1.82) is 0 Å². The number of hydrogen-bond donors (Lipinski definition) is 0. The molecule has 1 unspecified atom stereocenters. The van der Waals surface area contributed by atoms with Crippen LogP contribution in [0.4, 0.5) is 5.82 Å². The summed E-state index contributed by atoms with van der Waals surface area (Å²) in [5, 5.41) is 0. The van der Waals surface area contributed by atoms with Crippen LogP contribution in [-0.2, 0) is 28.9 Å². The van der Waals surface area contributed by atoms with Crippen molar-refractivity contribution < 1.29 is 9.53 Å². The van der Waals surface area contributed by atoms with Gasteiger partial charge < -0.3 is 14.5 Å². The van der Waals surface area contributed by atoms with Crippen LogP contribution in [0.3, 0.4) is 0 Å². The molecule has 4 rings (SSSR count). The third-order valence-corrected chi connectivity index (χ3v) is 6.90. The zero-order valence-corrected chi connectivity index (χ0v) is 20.5. The van der Waals surface area contributed by atoms with Crippen molar-refractivity contribution in [1.82, 2.24) is 14.9 Å². The second-order valence-electron chi connectivity index (χ2n) is 9.41. The summed E-state index contributed by atoms with van der Waals surface area (Å²) in [6.45, 7) is 10.9. The summed E-state index contributed by atoms with van der Waals surface area (Å²) in [5.74, 6) is 2.30. The minimum absolute atomic E-state index is 0.125. The number of benzene rings is 1. The lowest BCUT2D eigenvalue weighted by molar-refractivity contribution is -0.136. The van der Waals surface area contributed by atoms with Crippen molar-refractivity contribution in [2.24, 2.45) is 5.92 Å². The normalized spacial score (nSPS) is 17.1. The van der Waals surface area contributed by atoms with Gasteiger partial charge in [0.15, 0.2) is 0 Å². The molecule has 1 aromatic heterocycles. The molecule has 1 aromatic carbocycles. The molecule has 1 fully saturated rings. The lowest BCUT2D eigenvalue weighted by Crippen LogP contribution is -2.43. The Bertz CT molecular complexity index is 955. The minimum Gasteiger partial charge on any atom is -0.378 e. The molecule has 178 valence electrons. The summed E-state index contributed by atoms with van der Waals surface area (Å²) in [7, 11) is 0. The summed E-state index contributed by atoms with van der Waals surface area (Å²) in [6.07, 6.45) is 5.65. The highest BCUT2D eigenvalue weighted by atomic mass is 16.5. The lowest BCUT2D eigenvalue weighted by atomic mass is 9.96. The molecular formula is C27H38N4O2. The van der Waals surface area contributed by atoms with E-state index in [2.05, 4.69) is 54.8 Å². The quantitative estimate of drug-likeness (QED) is 0.600. The highest BCUT2D eigenvalue weighted by molar-refractivity contribution is 5.79. The van der Waals surface area contributed by atoms with Crippen LogP contribution in [0.15, 0.2) is 24.3 Å². The molecule has 2 aliphatic rings. The van der Waals surface area contributed by atoms with Gasteiger partial charge in [-0.25, -0.2) is 9.97 Å². The average Bonchev–Trinajstić information content (AvgIpc) is 2.84. The zero-order valence-electron chi connectivity index (χ0n) is 20.5. The highest BCUT2D eigenvalue weighted by Crippen LogP contribution is 2.30. The standard InChI is InChI=1S/C27H38N4O2/c1-4-6-10-22(5-2)27(32)31-12-11-24-23(19-31)26(30-13-15-33-16-14-30)29-25(28-24)18-21-9-7-8-20(3)17-21/h7-9,17,22H,4-6,10-16,18-19H2,1-3H3. The van der Waals surface area contributed by atoms with Crippen LogP contribution in [0.1, 0.15) is 67.7 Å². The summed E-state index contributed by atoms with van der Waals surface area (Å²) in [6, 6.07) is 8.56. The third-order valence-electron chi connectivity index (χ3n) is 6.90. The number of nitrogens with zero attached hydrogens (tertiary/aromatic N) is 4. The van der Waals surface area contributed by atoms with E-state index in [4.69, 9.17) is 14.7 Å². The van der Waals surface area contributed by atoms with E-state index in [1.54, 1.807) is 0 Å². The second kappa shape index (κ2) is 11.1. The molecular weight excluding hydrogens is 412 g/mol. The molecule has 0 N–H and O–H groups in total. The summed E-state index contributed by atoms with van der Waals surface area (Å²) < 4.78 is 5.60. The molecule has 0 saturated carbocycles. The van der Waals surface area contributed by atoms with Crippen molar-refractivity contribution in [3.8, 4) is 0 Å². The zero-order chi connectivity index (χ0) is 23.2. The highest BCUT2D eigenvalue weighted by Gasteiger charge is 2.30. The molecule has 1 atom stereocenters. The van der Waals surface area contributed by atoms with Gasteiger partial charge in [0, 0.05) is 44.0 Å². The Balaban J connectivity index is 1.62. The average molecular weight is 451 g/mol. The Morgan fingerprint density at radius 1 is 1.15 bits per heavy atom. The number of aryl methyl sites for hydroxylation is 1. The van der Waals surface area contributed by atoms with Crippen LogP contribution in [0, 0.1) is 12.8 Å². The van der Waals surface area contributed by atoms with E-state index in [0.29, 0.717) is 25.7 Å². The van der Waals surface area contributed by atoms with Crippen molar-refractivity contribution in [3.05, 3.63) is 52.5 Å². The number of hydrogen-bond acceptors (Lipinski definition) is 5.